The molecule has 0 amide bonds. The minimum atomic E-state index is -0.233. The van der Waals surface area contributed by atoms with Gasteiger partial charge in [0, 0.05) is 49.4 Å². The van der Waals surface area contributed by atoms with E-state index in [0.717, 1.165) is 37.7 Å². The lowest BCUT2D eigenvalue weighted by atomic mass is 10.2. The third-order valence-corrected chi connectivity index (χ3v) is 4.82. The first-order valence-corrected chi connectivity index (χ1v) is 8.50. The Balaban J connectivity index is 1.86. The molecule has 1 unspecified atom stereocenters. The highest BCUT2D eigenvalue weighted by atomic mass is 35.5. The number of nitrogens with zero attached hydrogens (tertiary/aromatic N) is 2. The van der Waals surface area contributed by atoms with Crippen LogP contribution in [0.4, 0.5) is 4.39 Å². The highest BCUT2D eigenvalue weighted by Crippen LogP contribution is 2.21. The van der Waals surface area contributed by atoms with Crippen molar-refractivity contribution in [1.29, 1.82) is 0 Å². The van der Waals surface area contributed by atoms with Crippen LogP contribution in [0, 0.1) is 5.82 Å². The Morgan fingerprint density at radius 1 is 1.36 bits per heavy atom. The number of piperazine rings is 1. The molecule has 0 saturated carbocycles. The summed E-state index contributed by atoms with van der Waals surface area (Å²) in [6.45, 7) is 8.23. The van der Waals surface area contributed by atoms with Gasteiger partial charge >= 0.3 is 0 Å². The summed E-state index contributed by atoms with van der Waals surface area (Å²) in [6.07, 6.45) is 1.05. The molecule has 1 aliphatic heterocycles. The third-order valence-electron chi connectivity index (χ3n) is 4.09. The first-order valence-electron chi connectivity index (χ1n) is 7.72. The number of halogens is 2. The first-order chi connectivity index (χ1) is 10.5. The normalized spacial score (nSPS) is 17.4. The Morgan fingerprint density at radius 3 is 2.64 bits per heavy atom. The summed E-state index contributed by atoms with van der Waals surface area (Å²) in [7, 11) is 0. The molecule has 1 aromatic carbocycles. The predicted octanol–water partition coefficient (Wildman–Crippen LogP) is 3.27. The Hall–Kier alpha value is -0.910. The first kappa shape index (κ1) is 17.4. The summed E-state index contributed by atoms with van der Waals surface area (Å²) in [5.41, 5.74) is 0.581. The zero-order valence-corrected chi connectivity index (χ0v) is 14.7. The maximum Gasteiger partial charge on any atom is 0.169 e. The van der Waals surface area contributed by atoms with Gasteiger partial charge in [0.2, 0.25) is 0 Å². The van der Waals surface area contributed by atoms with Crippen molar-refractivity contribution in [2.24, 2.45) is 0 Å². The molecule has 2 rings (SSSR count). The summed E-state index contributed by atoms with van der Waals surface area (Å²) in [6, 6.07) is 5.23. The van der Waals surface area contributed by atoms with E-state index in [-0.39, 0.29) is 5.82 Å². The minimum Gasteiger partial charge on any atom is -0.360 e. The van der Waals surface area contributed by atoms with Crippen molar-refractivity contribution in [2.45, 2.75) is 32.9 Å². The molecule has 0 bridgehead atoms. The molecule has 0 aliphatic carbocycles. The SMILES string of the molecule is CCC(C)NC(=S)N1CCN(Cc2c(F)cccc2Cl)CC1. The van der Waals surface area contributed by atoms with E-state index in [1.54, 1.807) is 12.1 Å². The fraction of sp³-hybridized carbons (Fsp3) is 0.562. The van der Waals surface area contributed by atoms with Crippen LogP contribution in [0.25, 0.3) is 0 Å². The zero-order valence-electron chi connectivity index (χ0n) is 13.1. The molecule has 122 valence electrons. The lowest BCUT2D eigenvalue weighted by Gasteiger charge is -2.37. The quantitative estimate of drug-likeness (QED) is 0.845. The number of benzene rings is 1. The standard InChI is InChI=1S/C16H23ClFN3S/c1-3-12(2)19-16(22)21-9-7-20(8-10-21)11-13-14(17)5-4-6-15(13)18/h4-6,12H,3,7-11H2,1-2H3,(H,19,22). The van der Waals surface area contributed by atoms with Crippen LogP contribution in [-0.2, 0) is 6.54 Å². The van der Waals surface area contributed by atoms with Gasteiger partial charge in [-0.3, -0.25) is 4.90 Å². The number of nitrogens with one attached hydrogen (secondary N) is 1. The molecule has 1 aromatic rings. The Morgan fingerprint density at radius 2 is 2.05 bits per heavy atom. The molecular formula is C16H23ClFN3S. The number of hydrogen-bond acceptors (Lipinski definition) is 2. The minimum absolute atomic E-state index is 0.233. The molecule has 1 aliphatic rings. The van der Waals surface area contributed by atoms with E-state index in [2.05, 4.69) is 29.0 Å². The second kappa shape index (κ2) is 8.09. The van der Waals surface area contributed by atoms with Gasteiger partial charge in [-0.2, -0.15) is 0 Å². The maximum atomic E-state index is 13.8. The maximum absolute atomic E-state index is 13.8. The van der Waals surface area contributed by atoms with Gasteiger partial charge in [-0.25, -0.2) is 4.39 Å². The highest BCUT2D eigenvalue weighted by Gasteiger charge is 2.21. The molecule has 22 heavy (non-hydrogen) atoms. The van der Waals surface area contributed by atoms with Gasteiger partial charge in [-0.15, -0.1) is 0 Å². The molecule has 1 saturated heterocycles. The second-order valence-electron chi connectivity index (χ2n) is 5.72. The van der Waals surface area contributed by atoms with E-state index in [9.17, 15) is 4.39 Å². The lowest BCUT2D eigenvalue weighted by Crippen LogP contribution is -2.52. The number of thiocarbonyl (C=S) groups is 1. The van der Waals surface area contributed by atoms with E-state index in [0.29, 0.717) is 23.2 Å². The van der Waals surface area contributed by atoms with Crippen molar-refractivity contribution >= 4 is 28.9 Å². The van der Waals surface area contributed by atoms with Crippen LogP contribution in [-0.4, -0.2) is 47.1 Å². The van der Waals surface area contributed by atoms with Crippen LogP contribution < -0.4 is 5.32 Å². The van der Waals surface area contributed by atoms with Gasteiger partial charge in [0.05, 0.1) is 0 Å². The van der Waals surface area contributed by atoms with E-state index >= 15 is 0 Å². The topological polar surface area (TPSA) is 18.5 Å². The molecule has 1 fully saturated rings. The van der Waals surface area contributed by atoms with Crippen LogP contribution >= 0.6 is 23.8 Å². The Labute approximate surface area is 142 Å². The number of hydrogen-bond donors (Lipinski definition) is 1. The molecule has 3 nitrogen and oxygen atoms in total. The molecule has 1 N–H and O–H groups in total. The average molecular weight is 344 g/mol. The number of rotatable bonds is 4. The van der Waals surface area contributed by atoms with Crippen LogP contribution in [0.2, 0.25) is 5.02 Å². The van der Waals surface area contributed by atoms with E-state index in [1.165, 1.54) is 6.07 Å². The van der Waals surface area contributed by atoms with E-state index in [4.69, 9.17) is 23.8 Å². The lowest BCUT2D eigenvalue weighted by molar-refractivity contribution is 0.172. The van der Waals surface area contributed by atoms with Gasteiger partial charge < -0.3 is 10.2 Å². The average Bonchev–Trinajstić information content (AvgIpc) is 2.51. The van der Waals surface area contributed by atoms with Gasteiger partial charge in [0.1, 0.15) is 5.82 Å². The van der Waals surface area contributed by atoms with Crippen molar-refractivity contribution in [3.8, 4) is 0 Å². The summed E-state index contributed by atoms with van der Waals surface area (Å²) < 4.78 is 13.8. The molecule has 0 aromatic heterocycles. The third kappa shape index (κ3) is 4.54. The molecule has 0 radical (unpaired) electrons. The fourth-order valence-corrected chi connectivity index (χ4v) is 3.03. The van der Waals surface area contributed by atoms with Crippen molar-refractivity contribution in [2.75, 3.05) is 26.2 Å². The van der Waals surface area contributed by atoms with E-state index in [1.807, 2.05) is 0 Å². The van der Waals surface area contributed by atoms with Gasteiger partial charge in [-0.05, 0) is 37.7 Å². The summed E-state index contributed by atoms with van der Waals surface area (Å²) in [5, 5.41) is 4.65. The van der Waals surface area contributed by atoms with Crippen LogP contribution in [0.5, 0.6) is 0 Å². The van der Waals surface area contributed by atoms with E-state index < -0.39 is 0 Å². The van der Waals surface area contributed by atoms with Crippen molar-refractivity contribution in [3.63, 3.8) is 0 Å². The van der Waals surface area contributed by atoms with Gasteiger partial charge in [0.15, 0.2) is 5.11 Å². The molecule has 0 spiro atoms. The molecule has 1 atom stereocenters. The predicted molar refractivity (Wildman–Crippen MR) is 93.7 cm³/mol. The smallest absolute Gasteiger partial charge is 0.169 e. The fourth-order valence-electron chi connectivity index (χ4n) is 2.42. The van der Waals surface area contributed by atoms with Crippen molar-refractivity contribution < 1.29 is 4.39 Å². The Kier molecular flexibility index (Phi) is 6.41. The molecule has 1 heterocycles. The largest absolute Gasteiger partial charge is 0.360 e. The summed E-state index contributed by atoms with van der Waals surface area (Å²) in [4.78, 5) is 4.40. The van der Waals surface area contributed by atoms with Crippen LogP contribution in [0.3, 0.4) is 0 Å². The van der Waals surface area contributed by atoms with Gasteiger partial charge in [-0.1, -0.05) is 24.6 Å². The summed E-state index contributed by atoms with van der Waals surface area (Å²) >= 11 is 11.5. The Bertz CT molecular complexity index is 498. The monoisotopic (exact) mass is 343 g/mol. The van der Waals surface area contributed by atoms with Crippen LogP contribution in [0.1, 0.15) is 25.8 Å². The van der Waals surface area contributed by atoms with Crippen molar-refractivity contribution in [3.05, 3.63) is 34.6 Å². The molecule has 6 heteroatoms. The second-order valence-corrected chi connectivity index (χ2v) is 6.52. The highest BCUT2D eigenvalue weighted by molar-refractivity contribution is 7.80. The molecular weight excluding hydrogens is 321 g/mol. The van der Waals surface area contributed by atoms with Gasteiger partial charge in [0.25, 0.3) is 0 Å². The van der Waals surface area contributed by atoms with Crippen LogP contribution in [0.15, 0.2) is 18.2 Å². The zero-order chi connectivity index (χ0) is 16.1. The summed E-state index contributed by atoms with van der Waals surface area (Å²) in [5.74, 6) is -0.233. The van der Waals surface area contributed by atoms with Crippen molar-refractivity contribution in [1.82, 2.24) is 15.1 Å².